The lowest BCUT2D eigenvalue weighted by Gasteiger charge is -2.25. The monoisotopic (exact) mass is 541 g/mol. The van der Waals surface area contributed by atoms with E-state index in [1.807, 2.05) is 60.7 Å². The van der Waals surface area contributed by atoms with E-state index in [9.17, 15) is 22.8 Å². The van der Waals surface area contributed by atoms with Gasteiger partial charge in [-0.15, -0.1) is 12.4 Å². The first kappa shape index (κ1) is 28.7. The molecule has 38 heavy (non-hydrogen) atoms. The van der Waals surface area contributed by atoms with Crippen molar-refractivity contribution < 1.29 is 18.0 Å². The van der Waals surface area contributed by atoms with Crippen molar-refractivity contribution in [3.8, 4) is 11.1 Å². The van der Waals surface area contributed by atoms with Gasteiger partial charge in [0.25, 0.3) is 0 Å². The minimum atomic E-state index is -4.70. The zero-order chi connectivity index (χ0) is 26.7. The molecule has 0 saturated heterocycles. The second kappa shape index (κ2) is 11.7. The molecule has 1 heterocycles. The van der Waals surface area contributed by atoms with Crippen molar-refractivity contribution in [1.82, 2.24) is 4.57 Å². The number of alkyl halides is 3. The molecule has 4 rings (SSSR count). The van der Waals surface area contributed by atoms with Crippen molar-refractivity contribution in [3.63, 3.8) is 0 Å². The average molecular weight is 542 g/mol. The predicted molar refractivity (Wildman–Crippen MR) is 145 cm³/mol. The van der Waals surface area contributed by atoms with Crippen LogP contribution in [0.5, 0.6) is 0 Å². The molecule has 0 fully saturated rings. The Morgan fingerprint density at radius 2 is 1.39 bits per heavy atom. The molecule has 0 saturated carbocycles. The molecule has 0 spiro atoms. The number of benzene rings is 3. The molecule has 0 unspecified atom stereocenters. The second-order valence-electron chi connectivity index (χ2n) is 8.80. The van der Waals surface area contributed by atoms with Gasteiger partial charge in [0.15, 0.2) is 0 Å². The zero-order valence-electron chi connectivity index (χ0n) is 20.7. The fraction of sp³-hybridized carbons (Fsp3) is 0.172. The molecule has 3 aromatic carbocycles. The number of nitrogens with zero attached hydrogens (tertiary/aromatic N) is 1. The van der Waals surface area contributed by atoms with Crippen molar-refractivity contribution in [2.24, 2.45) is 12.8 Å². The van der Waals surface area contributed by atoms with Crippen molar-refractivity contribution in [3.05, 3.63) is 124 Å². The van der Waals surface area contributed by atoms with E-state index in [1.54, 1.807) is 6.92 Å². The highest BCUT2D eigenvalue weighted by molar-refractivity contribution is 5.96. The number of aromatic nitrogens is 1. The maximum Gasteiger partial charge on any atom is 0.417 e. The summed E-state index contributed by atoms with van der Waals surface area (Å²) in [5.41, 5.74) is 7.33. The van der Waals surface area contributed by atoms with Gasteiger partial charge in [-0.2, -0.15) is 13.2 Å². The van der Waals surface area contributed by atoms with E-state index in [1.165, 1.54) is 35.9 Å². The number of pyridine rings is 1. The molecular formula is C29H27ClF3N3O2. The molecule has 5 nitrogen and oxygen atoms in total. The van der Waals surface area contributed by atoms with Crippen LogP contribution in [0.1, 0.15) is 28.3 Å². The number of hydrogen-bond acceptors (Lipinski definition) is 3. The SMILES string of the molecule is Cc1c(-c2ccc(NC(=O)[C@@H](N)C(c3ccccc3)c3ccccc3)cc2C(F)(F)F)ccc(=O)n1C.Cl. The van der Waals surface area contributed by atoms with E-state index >= 15 is 0 Å². The number of carbonyl (C=O) groups excluding carboxylic acids is 1. The van der Waals surface area contributed by atoms with Gasteiger partial charge in [-0.25, -0.2) is 0 Å². The normalized spacial score (nSPS) is 12.1. The summed E-state index contributed by atoms with van der Waals surface area (Å²) in [6.07, 6.45) is -4.70. The number of carbonyl (C=O) groups is 1. The Morgan fingerprint density at radius 1 is 0.868 bits per heavy atom. The molecule has 4 aromatic rings. The van der Waals surface area contributed by atoms with Crippen LogP contribution in [-0.2, 0) is 18.0 Å². The maximum absolute atomic E-state index is 14.1. The van der Waals surface area contributed by atoms with Crippen LogP contribution in [0.3, 0.4) is 0 Å². The van der Waals surface area contributed by atoms with E-state index in [-0.39, 0.29) is 34.8 Å². The van der Waals surface area contributed by atoms with Crippen molar-refractivity contribution >= 4 is 24.0 Å². The van der Waals surface area contributed by atoms with Crippen molar-refractivity contribution in [2.75, 3.05) is 5.32 Å². The van der Waals surface area contributed by atoms with Gasteiger partial charge >= 0.3 is 6.18 Å². The summed E-state index contributed by atoms with van der Waals surface area (Å²) in [6.45, 7) is 1.58. The molecule has 0 aliphatic rings. The van der Waals surface area contributed by atoms with Crippen LogP contribution in [0, 0.1) is 6.92 Å². The Morgan fingerprint density at radius 3 is 1.92 bits per heavy atom. The van der Waals surface area contributed by atoms with Crippen LogP contribution >= 0.6 is 12.4 Å². The molecule has 198 valence electrons. The lowest BCUT2D eigenvalue weighted by atomic mass is 9.85. The fourth-order valence-corrected chi connectivity index (χ4v) is 4.41. The Kier molecular flexibility index (Phi) is 8.81. The first-order valence-corrected chi connectivity index (χ1v) is 11.6. The highest BCUT2D eigenvalue weighted by Crippen LogP contribution is 2.39. The summed E-state index contributed by atoms with van der Waals surface area (Å²) in [4.78, 5) is 25.1. The quantitative estimate of drug-likeness (QED) is 0.319. The topological polar surface area (TPSA) is 77.1 Å². The van der Waals surface area contributed by atoms with E-state index in [0.717, 1.165) is 17.2 Å². The minimum Gasteiger partial charge on any atom is -0.325 e. The number of halogens is 4. The first-order chi connectivity index (χ1) is 17.6. The number of anilines is 1. The van der Waals surface area contributed by atoms with Crippen LogP contribution in [-0.4, -0.2) is 16.5 Å². The van der Waals surface area contributed by atoms with Crippen LogP contribution in [0.25, 0.3) is 11.1 Å². The van der Waals surface area contributed by atoms with Gasteiger partial charge in [0.05, 0.1) is 11.6 Å². The molecule has 0 aliphatic carbocycles. The predicted octanol–water partition coefficient (Wildman–Crippen LogP) is 5.90. The fourth-order valence-electron chi connectivity index (χ4n) is 4.41. The Bertz CT molecular complexity index is 1430. The summed E-state index contributed by atoms with van der Waals surface area (Å²) < 4.78 is 43.5. The van der Waals surface area contributed by atoms with Gasteiger partial charge < -0.3 is 15.6 Å². The van der Waals surface area contributed by atoms with E-state index in [4.69, 9.17) is 5.73 Å². The van der Waals surface area contributed by atoms with Gasteiger partial charge in [0.2, 0.25) is 11.5 Å². The summed E-state index contributed by atoms with van der Waals surface area (Å²) in [5, 5.41) is 2.57. The maximum atomic E-state index is 14.1. The summed E-state index contributed by atoms with van der Waals surface area (Å²) in [5.74, 6) is -1.12. The summed E-state index contributed by atoms with van der Waals surface area (Å²) >= 11 is 0. The standard InChI is InChI=1S/C29H26F3N3O2.ClH/c1-18-22(15-16-25(36)35(18)2)23-14-13-21(17-24(23)29(30,31)32)34-28(37)27(33)26(19-9-5-3-6-10-19)20-11-7-4-8-12-20;/h3-17,26-27H,33H2,1-2H3,(H,34,37);1H/t27-;/m0./s1. The van der Waals surface area contributed by atoms with Gasteiger partial charge in [-0.1, -0.05) is 66.7 Å². The third kappa shape index (κ3) is 5.98. The number of nitrogens with two attached hydrogens (primary N) is 1. The van der Waals surface area contributed by atoms with Crippen molar-refractivity contribution in [2.45, 2.75) is 25.1 Å². The lowest BCUT2D eigenvalue weighted by Crippen LogP contribution is -2.41. The van der Waals surface area contributed by atoms with E-state index in [0.29, 0.717) is 5.69 Å². The molecule has 1 aromatic heterocycles. The highest BCUT2D eigenvalue weighted by atomic mass is 35.5. The molecular weight excluding hydrogens is 515 g/mol. The van der Waals surface area contributed by atoms with Gasteiger partial charge in [-0.3, -0.25) is 9.59 Å². The number of amides is 1. The Balaban J connectivity index is 0.00000400. The van der Waals surface area contributed by atoms with Gasteiger partial charge in [0, 0.05) is 36.0 Å². The first-order valence-electron chi connectivity index (χ1n) is 11.6. The highest BCUT2D eigenvalue weighted by Gasteiger charge is 2.35. The minimum absolute atomic E-state index is 0. The number of rotatable bonds is 6. The largest absolute Gasteiger partial charge is 0.417 e. The Hall–Kier alpha value is -3.88. The molecule has 0 radical (unpaired) electrons. The molecule has 0 bridgehead atoms. The van der Waals surface area contributed by atoms with Gasteiger partial charge in [-0.05, 0) is 41.8 Å². The molecule has 1 amide bonds. The molecule has 0 aliphatic heterocycles. The Labute approximate surface area is 224 Å². The van der Waals surface area contributed by atoms with Crippen LogP contribution in [0.2, 0.25) is 0 Å². The van der Waals surface area contributed by atoms with Crippen LogP contribution in [0.4, 0.5) is 18.9 Å². The van der Waals surface area contributed by atoms with E-state index in [2.05, 4.69) is 5.32 Å². The summed E-state index contributed by atoms with van der Waals surface area (Å²) in [6, 6.07) is 23.6. The third-order valence-corrected chi connectivity index (χ3v) is 6.48. The van der Waals surface area contributed by atoms with Crippen molar-refractivity contribution in [1.29, 1.82) is 0 Å². The van der Waals surface area contributed by atoms with Crippen LogP contribution in [0.15, 0.2) is 95.8 Å². The smallest absolute Gasteiger partial charge is 0.325 e. The van der Waals surface area contributed by atoms with Crippen LogP contribution < -0.4 is 16.6 Å². The molecule has 1 atom stereocenters. The van der Waals surface area contributed by atoms with E-state index < -0.39 is 29.6 Å². The number of hydrogen-bond donors (Lipinski definition) is 2. The average Bonchev–Trinajstić information content (AvgIpc) is 2.88. The molecule has 9 heteroatoms. The lowest BCUT2D eigenvalue weighted by molar-refractivity contribution is -0.137. The third-order valence-electron chi connectivity index (χ3n) is 6.48. The molecule has 3 N–H and O–H groups in total. The zero-order valence-corrected chi connectivity index (χ0v) is 21.5. The summed E-state index contributed by atoms with van der Waals surface area (Å²) in [7, 11) is 1.50. The van der Waals surface area contributed by atoms with Gasteiger partial charge in [0.1, 0.15) is 0 Å². The number of nitrogens with one attached hydrogen (secondary N) is 1. The second-order valence-corrected chi connectivity index (χ2v) is 8.80.